The molecule has 0 aliphatic heterocycles. The van der Waals surface area contributed by atoms with Gasteiger partial charge < -0.3 is 5.73 Å². The van der Waals surface area contributed by atoms with Crippen molar-refractivity contribution in [2.45, 2.75) is 32.2 Å². The van der Waals surface area contributed by atoms with Crippen LogP contribution in [0.25, 0.3) is 0 Å². The van der Waals surface area contributed by atoms with Gasteiger partial charge in [-0.05, 0) is 26.2 Å². The summed E-state index contributed by atoms with van der Waals surface area (Å²) < 4.78 is 0. The van der Waals surface area contributed by atoms with Gasteiger partial charge in [-0.3, -0.25) is 0 Å². The molecule has 1 nitrogen and oxygen atoms in total. The van der Waals surface area contributed by atoms with Gasteiger partial charge in [0.2, 0.25) is 0 Å². The van der Waals surface area contributed by atoms with Crippen molar-refractivity contribution in [2.75, 3.05) is 0 Å². The van der Waals surface area contributed by atoms with Crippen LogP contribution < -0.4 is 5.73 Å². The van der Waals surface area contributed by atoms with E-state index in [2.05, 4.69) is 12.7 Å². The lowest BCUT2D eigenvalue weighted by atomic mass is 10.1. The molecular formula is C9H15N. The fraction of sp³-hybridized carbons (Fsp3) is 0.556. The Morgan fingerprint density at radius 2 is 2.50 bits per heavy atom. The normalized spacial score (nSPS) is 29.4. The zero-order valence-corrected chi connectivity index (χ0v) is 6.56. The van der Waals surface area contributed by atoms with E-state index in [-0.39, 0.29) is 0 Å². The maximum absolute atomic E-state index is 5.73. The van der Waals surface area contributed by atoms with Crippen LogP contribution in [0.5, 0.6) is 0 Å². The van der Waals surface area contributed by atoms with E-state index < -0.39 is 0 Å². The van der Waals surface area contributed by atoms with E-state index in [0.29, 0.717) is 6.04 Å². The Morgan fingerprint density at radius 3 is 2.90 bits per heavy atom. The van der Waals surface area contributed by atoms with Gasteiger partial charge in [0.1, 0.15) is 0 Å². The maximum Gasteiger partial charge on any atom is 0.00792 e. The highest BCUT2D eigenvalue weighted by Crippen LogP contribution is 2.23. The van der Waals surface area contributed by atoms with Crippen LogP contribution in [0.2, 0.25) is 0 Å². The van der Waals surface area contributed by atoms with Crippen LogP contribution in [0.3, 0.4) is 0 Å². The molecule has 0 amide bonds. The molecule has 0 aromatic heterocycles. The standard InChI is InChI=1S/C9H15N/c1-7(2)5-8-3-4-9(10)6-8/h5,9H,1,3-4,6,10H2,2H3. The van der Waals surface area contributed by atoms with Crippen molar-refractivity contribution >= 4 is 0 Å². The van der Waals surface area contributed by atoms with Crippen LogP contribution in [0.4, 0.5) is 0 Å². The van der Waals surface area contributed by atoms with Crippen LogP contribution >= 0.6 is 0 Å². The van der Waals surface area contributed by atoms with Gasteiger partial charge in [0, 0.05) is 6.04 Å². The molecule has 0 aromatic carbocycles. The predicted molar refractivity (Wildman–Crippen MR) is 44.7 cm³/mol. The fourth-order valence-corrected chi connectivity index (χ4v) is 1.39. The molecule has 0 spiro atoms. The molecule has 56 valence electrons. The van der Waals surface area contributed by atoms with E-state index in [4.69, 9.17) is 5.73 Å². The first-order valence-electron chi connectivity index (χ1n) is 3.79. The molecule has 0 heterocycles. The molecule has 2 N–H and O–H groups in total. The van der Waals surface area contributed by atoms with Gasteiger partial charge in [0.25, 0.3) is 0 Å². The van der Waals surface area contributed by atoms with Crippen LogP contribution in [-0.2, 0) is 0 Å². The van der Waals surface area contributed by atoms with Crippen LogP contribution in [0, 0.1) is 0 Å². The summed E-state index contributed by atoms with van der Waals surface area (Å²) >= 11 is 0. The van der Waals surface area contributed by atoms with Crippen LogP contribution in [0.1, 0.15) is 26.2 Å². The fourth-order valence-electron chi connectivity index (χ4n) is 1.39. The summed E-state index contributed by atoms with van der Waals surface area (Å²) in [7, 11) is 0. The molecule has 0 radical (unpaired) electrons. The van der Waals surface area contributed by atoms with E-state index in [1.54, 1.807) is 0 Å². The highest BCUT2D eigenvalue weighted by molar-refractivity contribution is 5.21. The zero-order chi connectivity index (χ0) is 7.56. The van der Waals surface area contributed by atoms with E-state index in [1.807, 2.05) is 6.92 Å². The second-order valence-corrected chi connectivity index (χ2v) is 3.15. The minimum absolute atomic E-state index is 0.408. The molecule has 1 aliphatic carbocycles. The molecular weight excluding hydrogens is 122 g/mol. The molecule has 10 heavy (non-hydrogen) atoms. The van der Waals surface area contributed by atoms with Crippen molar-refractivity contribution in [1.29, 1.82) is 0 Å². The van der Waals surface area contributed by atoms with Crippen LogP contribution in [-0.4, -0.2) is 6.04 Å². The van der Waals surface area contributed by atoms with Crippen molar-refractivity contribution in [3.63, 3.8) is 0 Å². The van der Waals surface area contributed by atoms with Crippen molar-refractivity contribution in [2.24, 2.45) is 5.73 Å². The summed E-state index contributed by atoms with van der Waals surface area (Å²) in [4.78, 5) is 0. The number of nitrogens with two attached hydrogens (primary N) is 1. The summed E-state index contributed by atoms with van der Waals surface area (Å²) in [6.45, 7) is 5.85. The third-order valence-electron chi connectivity index (χ3n) is 1.81. The summed E-state index contributed by atoms with van der Waals surface area (Å²) in [6.07, 6.45) is 5.56. The first kappa shape index (κ1) is 7.55. The summed E-state index contributed by atoms with van der Waals surface area (Å²) in [5.41, 5.74) is 8.35. The minimum Gasteiger partial charge on any atom is -0.327 e. The molecule has 1 fully saturated rings. The van der Waals surface area contributed by atoms with Crippen LogP contribution in [0.15, 0.2) is 23.8 Å². The Labute approximate surface area is 62.6 Å². The van der Waals surface area contributed by atoms with Crippen molar-refractivity contribution in [3.05, 3.63) is 23.8 Å². The first-order chi connectivity index (χ1) is 4.68. The Bertz CT molecular complexity index is 168. The highest BCUT2D eigenvalue weighted by atomic mass is 14.6. The number of rotatable bonds is 1. The van der Waals surface area contributed by atoms with E-state index in [1.165, 1.54) is 12.0 Å². The SMILES string of the molecule is C=C(C)C=C1CCC(N)C1. The first-order valence-corrected chi connectivity index (χ1v) is 3.79. The molecule has 0 bridgehead atoms. The van der Waals surface area contributed by atoms with Gasteiger partial charge in [-0.15, -0.1) is 0 Å². The third kappa shape index (κ3) is 1.99. The minimum atomic E-state index is 0.408. The van der Waals surface area contributed by atoms with E-state index >= 15 is 0 Å². The summed E-state index contributed by atoms with van der Waals surface area (Å²) in [5, 5.41) is 0. The lowest BCUT2D eigenvalue weighted by Gasteiger charge is -1.96. The predicted octanol–water partition coefficient (Wildman–Crippen LogP) is 2.00. The molecule has 0 saturated heterocycles. The lowest BCUT2D eigenvalue weighted by Crippen LogP contribution is -2.13. The monoisotopic (exact) mass is 137 g/mol. The Hall–Kier alpha value is -0.560. The van der Waals surface area contributed by atoms with Gasteiger partial charge in [0.15, 0.2) is 0 Å². The smallest absolute Gasteiger partial charge is 0.00792 e. The van der Waals surface area contributed by atoms with E-state index in [9.17, 15) is 0 Å². The average molecular weight is 137 g/mol. The second-order valence-electron chi connectivity index (χ2n) is 3.15. The Kier molecular flexibility index (Phi) is 2.28. The highest BCUT2D eigenvalue weighted by Gasteiger charge is 2.14. The Balaban J connectivity index is 2.51. The average Bonchev–Trinajstić information content (AvgIpc) is 2.13. The third-order valence-corrected chi connectivity index (χ3v) is 1.81. The summed E-state index contributed by atoms with van der Waals surface area (Å²) in [6, 6.07) is 0.408. The van der Waals surface area contributed by atoms with E-state index in [0.717, 1.165) is 18.4 Å². The number of hydrogen-bond acceptors (Lipinski definition) is 1. The van der Waals surface area contributed by atoms with Gasteiger partial charge >= 0.3 is 0 Å². The molecule has 1 rings (SSSR count). The van der Waals surface area contributed by atoms with Gasteiger partial charge in [-0.25, -0.2) is 0 Å². The van der Waals surface area contributed by atoms with Crippen molar-refractivity contribution in [1.82, 2.24) is 0 Å². The van der Waals surface area contributed by atoms with Crippen molar-refractivity contribution in [3.8, 4) is 0 Å². The van der Waals surface area contributed by atoms with Gasteiger partial charge in [0.05, 0.1) is 0 Å². The van der Waals surface area contributed by atoms with Gasteiger partial charge in [-0.1, -0.05) is 23.8 Å². The molecule has 1 saturated carbocycles. The lowest BCUT2D eigenvalue weighted by molar-refractivity contribution is 0.711. The number of allylic oxidation sites excluding steroid dienone is 2. The van der Waals surface area contributed by atoms with Crippen molar-refractivity contribution < 1.29 is 0 Å². The summed E-state index contributed by atoms with van der Waals surface area (Å²) in [5.74, 6) is 0. The topological polar surface area (TPSA) is 26.0 Å². The largest absolute Gasteiger partial charge is 0.327 e. The second kappa shape index (κ2) is 3.02. The quantitative estimate of drug-likeness (QED) is 0.587. The molecule has 1 unspecified atom stereocenters. The number of hydrogen-bond donors (Lipinski definition) is 1. The Morgan fingerprint density at radius 1 is 1.80 bits per heavy atom. The maximum atomic E-state index is 5.73. The molecule has 0 aromatic rings. The molecule has 1 aliphatic rings. The zero-order valence-electron chi connectivity index (χ0n) is 6.56. The molecule has 1 atom stereocenters. The van der Waals surface area contributed by atoms with Gasteiger partial charge in [-0.2, -0.15) is 0 Å². The molecule has 1 heteroatoms.